The number of carbonyl (C=O) groups is 1. The SMILES string of the molecule is CC.COC(C)(C)C(=O)NC(C)CC1CC1. The minimum atomic E-state index is -0.711. The van der Waals surface area contributed by atoms with E-state index in [0.717, 1.165) is 12.3 Å². The summed E-state index contributed by atoms with van der Waals surface area (Å²) in [4.78, 5) is 11.7. The Balaban J connectivity index is 0.00000106. The second-order valence-corrected chi connectivity index (χ2v) is 4.77. The molecule has 1 aliphatic carbocycles. The van der Waals surface area contributed by atoms with Crippen LogP contribution >= 0.6 is 0 Å². The van der Waals surface area contributed by atoms with Crippen molar-refractivity contribution in [2.45, 2.75) is 65.5 Å². The molecular formula is C13H27NO2. The van der Waals surface area contributed by atoms with E-state index in [-0.39, 0.29) is 11.9 Å². The molecule has 1 N–H and O–H groups in total. The third-order valence-corrected chi connectivity index (χ3v) is 2.82. The number of hydrogen-bond donors (Lipinski definition) is 1. The lowest BCUT2D eigenvalue weighted by Crippen LogP contribution is -2.47. The molecular weight excluding hydrogens is 202 g/mol. The van der Waals surface area contributed by atoms with E-state index in [0.29, 0.717) is 0 Å². The molecule has 3 heteroatoms. The maximum Gasteiger partial charge on any atom is 0.251 e. The van der Waals surface area contributed by atoms with E-state index in [9.17, 15) is 4.79 Å². The van der Waals surface area contributed by atoms with Crippen molar-refractivity contribution in [3.8, 4) is 0 Å². The molecule has 0 aromatic heterocycles. The van der Waals surface area contributed by atoms with Crippen molar-refractivity contribution in [2.24, 2.45) is 5.92 Å². The summed E-state index contributed by atoms with van der Waals surface area (Å²) in [6.45, 7) is 9.63. The lowest BCUT2D eigenvalue weighted by atomic mass is 10.1. The van der Waals surface area contributed by atoms with Gasteiger partial charge in [0.1, 0.15) is 5.60 Å². The Bertz CT molecular complexity index is 210. The van der Waals surface area contributed by atoms with Crippen molar-refractivity contribution in [3.05, 3.63) is 0 Å². The monoisotopic (exact) mass is 229 g/mol. The Morgan fingerprint density at radius 1 is 1.44 bits per heavy atom. The molecule has 1 unspecified atom stereocenters. The molecule has 1 fully saturated rings. The Morgan fingerprint density at radius 2 is 1.94 bits per heavy atom. The van der Waals surface area contributed by atoms with Crippen LogP contribution in [0.1, 0.15) is 53.9 Å². The highest BCUT2D eigenvalue weighted by molar-refractivity contribution is 5.84. The van der Waals surface area contributed by atoms with Gasteiger partial charge in [-0.2, -0.15) is 0 Å². The fourth-order valence-electron chi connectivity index (χ4n) is 1.40. The highest BCUT2D eigenvalue weighted by Crippen LogP contribution is 2.33. The predicted octanol–water partition coefficient (Wildman–Crippen LogP) is 2.74. The van der Waals surface area contributed by atoms with Gasteiger partial charge < -0.3 is 10.1 Å². The summed E-state index contributed by atoms with van der Waals surface area (Å²) in [5, 5.41) is 2.98. The van der Waals surface area contributed by atoms with E-state index in [1.807, 2.05) is 13.8 Å². The van der Waals surface area contributed by atoms with Crippen LogP contribution in [0.5, 0.6) is 0 Å². The van der Waals surface area contributed by atoms with Crippen molar-refractivity contribution < 1.29 is 9.53 Å². The van der Waals surface area contributed by atoms with Crippen molar-refractivity contribution in [1.82, 2.24) is 5.32 Å². The molecule has 1 saturated carbocycles. The number of rotatable bonds is 5. The first-order valence-corrected chi connectivity index (χ1v) is 6.32. The summed E-state index contributed by atoms with van der Waals surface area (Å²) in [5.74, 6) is 0.823. The van der Waals surface area contributed by atoms with Gasteiger partial charge in [0.15, 0.2) is 0 Å². The second kappa shape index (κ2) is 6.89. The fraction of sp³-hybridized carbons (Fsp3) is 0.923. The minimum absolute atomic E-state index is 0.0202. The summed E-state index contributed by atoms with van der Waals surface area (Å²) in [6.07, 6.45) is 3.76. The smallest absolute Gasteiger partial charge is 0.251 e. The third-order valence-electron chi connectivity index (χ3n) is 2.82. The van der Waals surface area contributed by atoms with E-state index >= 15 is 0 Å². The van der Waals surface area contributed by atoms with Crippen molar-refractivity contribution in [2.75, 3.05) is 7.11 Å². The molecule has 0 radical (unpaired) electrons. The highest BCUT2D eigenvalue weighted by atomic mass is 16.5. The van der Waals surface area contributed by atoms with Gasteiger partial charge in [-0.1, -0.05) is 26.7 Å². The van der Waals surface area contributed by atoms with E-state index in [2.05, 4.69) is 12.2 Å². The largest absolute Gasteiger partial charge is 0.369 e. The standard InChI is InChI=1S/C11H21NO2.C2H6/c1-8(7-9-5-6-9)12-10(13)11(2,3)14-4;1-2/h8-9H,5-7H2,1-4H3,(H,12,13);1-2H3. The Morgan fingerprint density at radius 3 is 2.31 bits per heavy atom. The molecule has 3 nitrogen and oxygen atoms in total. The molecule has 0 aromatic rings. The lowest BCUT2D eigenvalue weighted by Gasteiger charge is -2.24. The maximum absolute atomic E-state index is 11.7. The molecule has 0 saturated heterocycles. The first kappa shape index (κ1) is 15.4. The van der Waals surface area contributed by atoms with Crippen LogP contribution in [0.2, 0.25) is 0 Å². The molecule has 1 atom stereocenters. The summed E-state index contributed by atoms with van der Waals surface area (Å²) in [5.41, 5.74) is -0.711. The van der Waals surface area contributed by atoms with Crippen LogP contribution in [-0.2, 0) is 9.53 Å². The van der Waals surface area contributed by atoms with Gasteiger partial charge in [-0.25, -0.2) is 0 Å². The number of hydrogen-bond acceptors (Lipinski definition) is 2. The van der Waals surface area contributed by atoms with Crippen LogP contribution in [0, 0.1) is 5.92 Å². The van der Waals surface area contributed by atoms with Gasteiger partial charge in [0.2, 0.25) is 0 Å². The highest BCUT2D eigenvalue weighted by Gasteiger charge is 2.30. The fourth-order valence-corrected chi connectivity index (χ4v) is 1.40. The molecule has 0 aliphatic heterocycles. The van der Waals surface area contributed by atoms with Gasteiger partial charge in [-0.3, -0.25) is 4.79 Å². The number of amides is 1. The van der Waals surface area contributed by atoms with Gasteiger partial charge in [-0.15, -0.1) is 0 Å². The molecule has 0 heterocycles. The first-order chi connectivity index (χ1) is 7.45. The summed E-state index contributed by atoms with van der Waals surface area (Å²) >= 11 is 0. The average molecular weight is 229 g/mol. The van der Waals surface area contributed by atoms with E-state index in [4.69, 9.17) is 4.74 Å². The van der Waals surface area contributed by atoms with Gasteiger partial charge >= 0.3 is 0 Å². The van der Waals surface area contributed by atoms with E-state index < -0.39 is 5.60 Å². The van der Waals surface area contributed by atoms with Crippen LogP contribution in [0.3, 0.4) is 0 Å². The molecule has 1 rings (SSSR count). The summed E-state index contributed by atoms with van der Waals surface area (Å²) < 4.78 is 5.11. The summed E-state index contributed by atoms with van der Waals surface area (Å²) in [6, 6.07) is 0.268. The van der Waals surface area contributed by atoms with Crippen LogP contribution in [0.4, 0.5) is 0 Å². The van der Waals surface area contributed by atoms with E-state index in [1.165, 1.54) is 12.8 Å². The number of carbonyl (C=O) groups excluding carboxylic acids is 1. The maximum atomic E-state index is 11.7. The van der Waals surface area contributed by atoms with Crippen molar-refractivity contribution >= 4 is 5.91 Å². The Labute approximate surface area is 99.9 Å². The number of nitrogens with one attached hydrogen (secondary N) is 1. The molecule has 0 bridgehead atoms. The van der Waals surface area contributed by atoms with Crippen molar-refractivity contribution in [3.63, 3.8) is 0 Å². The zero-order valence-corrected chi connectivity index (χ0v) is 11.6. The predicted molar refractivity (Wildman–Crippen MR) is 67.4 cm³/mol. The molecule has 1 aliphatic rings. The van der Waals surface area contributed by atoms with Gasteiger partial charge in [0, 0.05) is 13.2 Å². The normalized spacial score (nSPS) is 17.1. The molecule has 16 heavy (non-hydrogen) atoms. The van der Waals surface area contributed by atoms with Crippen LogP contribution in [0.25, 0.3) is 0 Å². The molecule has 1 amide bonds. The first-order valence-electron chi connectivity index (χ1n) is 6.32. The molecule has 0 aromatic carbocycles. The minimum Gasteiger partial charge on any atom is -0.369 e. The van der Waals surface area contributed by atoms with Gasteiger partial charge in [0.25, 0.3) is 5.91 Å². The molecule has 0 spiro atoms. The van der Waals surface area contributed by atoms with Crippen LogP contribution < -0.4 is 5.32 Å². The van der Waals surface area contributed by atoms with Crippen LogP contribution in [-0.4, -0.2) is 24.7 Å². The Hall–Kier alpha value is -0.570. The van der Waals surface area contributed by atoms with Crippen molar-refractivity contribution in [1.29, 1.82) is 0 Å². The average Bonchev–Trinajstić information content (AvgIpc) is 3.04. The number of methoxy groups -OCH3 is 1. The van der Waals surface area contributed by atoms with Gasteiger partial charge in [-0.05, 0) is 33.1 Å². The summed E-state index contributed by atoms with van der Waals surface area (Å²) in [7, 11) is 1.56. The second-order valence-electron chi connectivity index (χ2n) is 4.77. The van der Waals surface area contributed by atoms with E-state index in [1.54, 1.807) is 21.0 Å². The topological polar surface area (TPSA) is 38.3 Å². The number of ether oxygens (including phenoxy) is 1. The Kier molecular flexibility index (Phi) is 6.65. The quantitative estimate of drug-likeness (QED) is 0.787. The van der Waals surface area contributed by atoms with Gasteiger partial charge in [0.05, 0.1) is 0 Å². The zero-order chi connectivity index (χ0) is 12.8. The van der Waals surface area contributed by atoms with Crippen LogP contribution in [0.15, 0.2) is 0 Å². The molecule has 96 valence electrons. The lowest BCUT2D eigenvalue weighted by molar-refractivity contribution is -0.140. The third kappa shape index (κ3) is 5.50. The zero-order valence-electron chi connectivity index (χ0n) is 11.6.